The van der Waals surface area contributed by atoms with Crippen LogP contribution in [-0.2, 0) is 0 Å². The number of rotatable bonds is 4. The third kappa shape index (κ3) is 2.70. The minimum Gasteiger partial charge on any atom is -0.369 e. The first kappa shape index (κ1) is 14.2. The van der Waals surface area contributed by atoms with Gasteiger partial charge >= 0.3 is 0 Å². The van der Waals surface area contributed by atoms with Crippen LogP contribution in [0.4, 0.5) is 5.69 Å². The standard InChI is InChI=1S/C15H20N2O/c1-6-15(3,4)17(5)14-9-12(10-16)7-8-13(14)11(2)18/h7-9H,6H2,1-5H3. The van der Waals surface area contributed by atoms with Gasteiger partial charge in [0.2, 0.25) is 0 Å². The number of carbonyl (C=O) groups is 1. The van der Waals surface area contributed by atoms with E-state index >= 15 is 0 Å². The summed E-state index contributed by atoms with van der Waals surface area (Å²) in [6, 6.07) is 7.33. The molecule has 1 rings (SSSR count). The molecule has 0 aromatic heterocycles. The molecule has 0 atom stereocenters. The van der Waals surface area contributed by atoms with Gasteiger partial charge in [-0.2, -0.15) is 5.26 Å². The van der Waals surface area contributed by atoms with Crippen molar-refractivity contribution in [3.05, 3.63) is 29.3 Å². The Hall–Kier alpha value is -1.82. The second-order valence-electron chi connectivity index (χ2n) is 5.12. The zero-order valence-electron chi connectivity index (χ0n) is 11.7. The van der Waals surface area contributed by atoms with Gasteiger partial charge in [0.15, 0.2) is 5.78 Å². The second kappa shape index (κ2) is 5.22. The van der Waals surface area contributed by atoms with Crippen LogP contribution in [0, 0.1) is 11.3 Å². The van der Waals surface area contributed by atoms with Crippen LogP contribution in [-0.4, -0.2) is 18.4 Å². The normalized spacial score (nSPS) is 10.9. The van der Waals surface area contributed by atoms with Crippen LogP contribution in [0.2, 0.25) is 0 Å². The van der Waals surface area contributed by atoms with Crippen LogP contribution in [0.1, 0.15) is 50.0 Å². The van der Waals surface area contributed by atoms with Crippen molar-refractivity contribution in [3.8, 4) is 6.07 Å². The zero-order chi connectivity index (χ0) is 13.9. The third-order valence-electron chi connectivity index (χ3n) is 3.64. The number of benzene rings is 1. The van der Waals surface area contributed by atoms with Gasteiger partial charge in [-0.1, -0.05) is 6.92 Å². The molecule has 3 heteroatoms. The molecule has 0 radical (unpaired) electrons. The molecule has 0 aliphatic rings. The maximum absolute atomic E-state index is 11.7. The largest absolute Gasteiger partial charge is 0.369 e. The molecule has 1 aromatic carbocycles. The Morgan fingerprint density at radius 1 is 1.44 bits per heavy atom. The highest BCUT2D eigenvalue weighted by Crippen LogP contribution is 2.29. The molecule has 0 aliphatic heterocycles. The molecule has 0 amide bonds. The minimum absolute atomic E-state index is 0.0215. The predicted octanol–water partition coefficient (Wildman–Crippen LogP) is 3.39. The predicted molar refractivity (Wildman–Crippen MR) is 73.9 cm³/mol. The molecule has 0 unspecified atom stereocenters. The van der Waals surface area contributed by atoms with Crippen LogP contribution in [0.3, 0.4) is 0 Å². The first-order chi connectivity index (χ1) is 8.33. The smallest absolute Gasteiger partial charge is 0.161 e. The summed E-state index contributed by atoms with van der Waals surface area (Å²) in [6.45, 7) is 7.90. The summed E-state index contributed by atoms with van der Waals surface area (Å²) in [6.07, 6.45) is 0.956. The van der Waals surface area contributed by atoms with Gasteiger partial charge in [0.1, 0.15) is 0 Å². The van der Waals surface area contributed by atoms with E-state index in [0.29, 0.717) is 11.1 Å². The van der Waals surface area contributed by atoms with Gasteiger partial charge in [0, 0.05) is 23.8 Å². The molecule has 0 saturated heterocycles. The molecule has 3 nitrogen and oxygen atoms in total. The fourth-order valence-corrected chi connectivity index (χ4v) is 1.74. The van der Waals surface area contributed by atoms with Crippen molar-refractivity contribution >= 4 is 11.5 Å². The Balaban J connectivity index is 3.37. The van der Waals surface area contributed by atoms with Gasteiger partial charge in [-0.25, -0.2) is 0 Å². The lowest BCUT2D eigenvalue weighted by molar-refractivity contribution is 0.101. The van der Waals surface area contributed by atoms with E-state index < -0.39 is 0 Å². The molecular weight excluding hydrogens is 224 g/mol. The van der Waals surface area contributed by atoms with E-state index in [9.17, 15) is 4.79 Å². The van der Waals surface area contributed by atoms with Gasteiger partial charge in [-0.05, 0) is 45.4 Å². The Bertz CT molecular complexity index is 498. The van der Waals surface area contributed by atoms with E-state index in [1.54, 1.807) is 25.1 Å². The van der Waals surface area contributed by atoms with Gasteiger partial charge in [-0.3, -0.25) is 4.79 Å². The lowest BCUT2D eigenvalue weighted by Crippen LogP contribution is -2.41. The lowest BCUT2D eigenvalue weighted by Gasteiger charge is -2.37. The number of hydrogen-bond acceptors (Lipinski definition) is 3. The molecule has 96 valence electrons. The summed E-state index contributed by atoms with van der Waals surface area (Å²) in [5, 5.41) is 8.98. The van der Waals surface area contributed by atoms with E-state index in [4.69, 9.17) is 5.26 Å². The van der Waals surface area contributed by atoms with E-state index in [-0.39, 0.29) is 11.3 Å². The van der Waals surface area contributed by atoms with Crippen molar-refractivity contribution in [1.29, 1.82) is 5.26 Å². The minimum atomic E-state index is -0.0573. The van der Waals surface area contributed by atoms with Gasteiger partial charge in [0.25, 0.3) is 0 Å². The van der Waals surface area contributed by atoms with Crippen LogP contribution >= 0.6 is 0 Å². The second-order valence-corrected chi connectivity index (χ2v) is 5.12. The summed E-state index contributed by atoms with van der Waals surface area (Å²) in [5.41, 5.74) is 2.01. The van der Waals surface area contributed by atoms with Gasteiger partial charge in [0.05, 0.1) is 11.6 Å². The molecule has 18 heavy (non-hydrogen) atoms. The van der Waals surface area contributed by atoms with Crippen molar-refractivity contribution in [2.24, 2.45) is 0 Å². The average Bonchev–Trinajstić information content (AvgIpc) is 2.36. The molecule has 0 aliphatic carbocycles. The highest BCUT2D eigenvalue weighted by atomic mass is 16.1. The highest BCUT2D eigenvalue weighted by Gasteiger charge is 2.24. The molecule has 0 fully saturated rings. The molecule has 0 N–H and O–H groups in total. The van der Waals surface area contributed by atoms with E-state index in [0.717, 1.165) is 12.1 Å². The summed E-state index contributed by atoms with van der Waals surface area (Å²) in [4.78, 5) is 13.7. The molecule has 0 saturated carbocycles. The summed E-state index contributed by atoms with van der Waals surface area (Å²) >= 11 is 0. The number of Topliss-reactive ketones (excluding diaryl/α,β-unsaturated/α-hetero) is 1. The maximum Gasteiger partial charge on any atom is 0.161 e. The average molecular weight is 244 g/mol. The first-order valence-corrected chi connectivity index (χ1v) is 6.12. The maximum atomic E-state index is 11.7. The van der Waals surface area contributed by atoms with Crippen molar-refractivity contribution in [2.75, 3.05) is 11.9 Å². The monoisotopic (exact) mass is 244 g/mol. The topological polar surface area (TPSA) is 44.1 Å². The van der Waals surface area contributed by atoms with Gasteiger partial charge in [-0.15, -0.1) is 0 Å². The van der Waals surface area contributed by atoms with Crippen molar-refractivity contribution in [1.82, 2.24) is 0 Å². The number of hydrogen-bond donors (Lipinski definition) is 0. The van der Waals surface area contributed by atoms with Crippen molar-refractivity contribution in [3.63, 3.8) is 0 Å². The number of ketones is 1. The molecule has 1 aromatic rings. The lowest BCUT2D eigenvalue weighted by atomic mass is 9.96. The fraction of sp³-hybridized carbons (Fsp3) is 0.467. The third-order valence-corrected chi connectivity index (χ3v) is 3.64. The van der Waals surface area contributed by atoms with Crippen molar-refractivity contribution in [2.45, 2.75) is 39.7 Å². The molecule has 0 bridgehead atoms. The molecular formula is C15H20N2O. The van der Waals surface area contributed by atoms with E-state index in [1.165, 1.54) is 0 Å². The summed E-state index contributed by atoms with van der Waals surface area (Å²) in [5.74, 6) is 0.0215. The quantitative estimate of drug-likeness (QED) is 0.762. The van der Waals surface area contributed by atoms with Crippen molar-refractivity contribution < 1.29 is 4.79 Å². The number of nitriles is 1. The van der Waals surface area contributed by atoms with E-state index in [1.807, 2.05) is 7.05 Å². The summed E-state index contributed by atoms with van der Waals surface area (Å²) < 4.78 is 0. The Morgan fingerprint density at radius 2 is 2.06 bits per heavy atom. The number of carbonyl (C=O) groups excluding carboxylic acids is 1. The van der Waals surface area contributed by atoms with Crippen LogP contribution in [0.15, 0.2) is 18.2 Å². The van der Waals surface area contributed by atoms with Crippen LogP contribution < -0.4 is 4.90 Å². The number of anilines is 1. The Morgan fingerprint density at radius 3 is 2.50 bits per heavy atom. The SMILES string of the molecule is CCC(C)(C)N(C)c1cc(C#N)ccc1C(C)=O. The highest BCUT2D eigenvalue weighted by molar-refractivity contribution is 6.00. The van der Waals surface area contributed by atoms with Crippen LogP contribution in [0.5, 0.6) is 0 Å². The van der Waals surface area contributed by atoms with Crippen LogP contribution in [0.25, 0.3) is 0 Å². The zero-order valence-corrected chi connectivity index (χ0v) is 11.7. The molecule has 0 heterocycles. The Labute approximate surface area is 109 Å². The molecule has 0 spiro atoms. The Kier molecular flexibility index (Phi) is 4.13. The van der Waals surface area contributed by atoms with Gasteiger partial charge < -0.3 is 4.90 Å². The fourth-order valence-electron chi connectivity index (χ4n) is 1.74. The summed E-state index contributed by atoms with van der Waals surface area (Å²) in [7, 11) is 1.96. The first-order valence-electron chi connectivity index (χ1n) is 6.12. The van der Waals surface area contributed by atoms with E-state index in [2.05, 4.69) is 31.7 Å². The number of nitrogens with zero attached hydrogens (tertiary/aromatic N) is 2.